The maximum Gasteiger partial charge on any atom is 0.308 e. The van der Waals surface area contributed by atoms with Crippen LogP contribution in [0.4, 0.5) is 0 Å². The van der Waals surface area contributed by atoms with Crippen LogP contribution in [0.25, 0.3) is 0 Å². The summed E-state index contributed by atoms with van der Waals surface area (Å²) in [4.78, 5) is 12.3. The Kier molecular flexibility index (Phi) is 7.27. The van der Waals surface area contributed by atoms with Crippen LogP contribution in [0.5, 0.6) is 0 Å². The first-order chi connectivity index (χ1) is 13.2. The van der Waals surface area contributed by atoms with E-state index in [0.29, 0.717) is 18.6 Å². The summed E-state index contributed by atoms with van der Waals surface area (Å²) < 4.78 is 10.5. The lowest BCUT2D eigenvalue weighted by atomic mass is 9.76. The first-order valence-corrected chi connectivity index (χ1v) is 10.2. The first kappa shape index (κ1) is 19.9. The van der Waals surface area contributed by atoms with Crippen LogP contribution in [-0.4, -0.2) is 50.1 Å². The van der Waals surface area contributed by atoms with Gasteiger partial charge >= 0.3 is 5.97 Å². The lowest BCUT2D eigenvalue weighted by Crippen LogP contribution is -2.32. The molecule has 27 heavy (non-hydrogen) atoms. The molecule has 1 heterocycles. The molecule has 0 radical (unpaired) electrons. The average molecular weight is 373 g/mol. The molecule has 1 aromatic rings. The molecule has 5 heteroatoms. The second kappa shape index (κ2) is 9.88. The summed E-state index contributed by atoms with van der Waals surface area (Å²) in [5.74, 6) is 0.227. The number of esters is 1. The molecular formula is C22H32N2O3. The van der Waals surface area contributed by atoms with Crippen molar-refractivity contribution in [2.24, 2.45) is 16.9 Å². The van der Waals surface area contributed by atoms with E-state index in [2.05, 4.69) is 29.3 Å². The number of hydrazone groups is 1. The molecular weight excluding hydrogens is 340 g/mol. The van der Waals surface area contributed by atoms with Gasteiger partial charge in [-0.1, -0.05) is 43.2 Å². The topological polar surface area (TPSA) is 51.1 Å². The monoisotopic (exact) mass is 372 g/mol. The smallest absolute Gasteiger partial charge is 0.308 e. The third kappa shape index (κ3) is 5.10. The number of carbonyl (C=O) groups is 1. The van der Waals surface area contributed by atoms with Crippen molar-refractivity contribution in [2.75, 3.05) is 27.4 Å². The Hall–Kier alpha value is -1.88. The van der Waals surface area contributed by atoms with Crippen molar-refractivity contribution in [1.29, 1.82) is 0 Å². The molecule has 148 valence electrons. The number of hydrogen-bond acceptors (Lipinski definition) is 5. The highest BCUT2D eigenvalue weighted by atomic mass is 16.5. The highest BCUT2D eigenvalue weighted by Gasteiger charge is 2.33. The Labute approximate surface area is 162 Å². The third-order valence-corrected chi connectivity index (χ3v) is 5.93. The van der Waals surface area contributed by atoms with E-state index in [0.717, 1.165) is 56.3 Å². The minimum atomic E-state index is -0.0643. The third-order valence-electron chi connectivity index (χ3n) is 5.93. The van der Waals surface area contributed by atoms with Gasteiger partial charge in [0.05, 0.1) is 31.4 Å². The molecule has 3 rings (SSSR count). The number of methoxy groups -OCH3 is 2. The van der Waals surface area contributed by atoms with Crippen molar-refractivity contribution >= 4 is 11.7 Å². The maximum absolute atomic E-state index is 12.3. The van der Waals surface area contributed by atoms with Gasteiger partial charge in [0, 0.05) is 13.7 Å². The minimum Gasteiger partial charge on any atom is -0.469 e. The molecule has 1 aromatic carbocycles. The summed E-state index contributed by atoms with van der Waals surface area (Å²) >= 11 is 0. The van der Waals surface area contributed by atoms with Crippen molar-refractivity contribution < 1.29 is 14.3 Å². The van der Waals surface area contributed by atoms with Gasteiger partial charge in [-0.25, -0.2) is 0 Å². The SMILES string of the molecule is COC[C@@H]1CCCN1/N=C(\C[C@H]1CCCC[C@@H]1C(=O)OC)c1ccccc1. The van der Waals surface area contributed by atoms with E-state index in [-0.39, 0.29) is 11.9 Å². The highest BCUT2D eigenvalue weighted by Crippen LogP contribution is 2.34. The Bertz CT molecular complexity index is 632. The van der Waals surface area contributed by atoms with Crippen molar-refractivity contribution in [3.63, 3.8) is 0 Å². The van der Waals surface area contributed by atoms with E-state index in [1.165, 1.54) is 13.5 Å². The van der Waals surface area contributed by atoms with Gasteiger partial charge in [-0.3, -0.25) is 9.80 Å². The molecule has 2 aliphatic rings. The van der Waals surface area contributed by atoms with Crippen molar-refractivity contribution in [1.82, 2.24) is 5.01 Å². The fraction of sp³-hybridized carbons (Fsp3) is 0.636. The summed E-state index contributed by atoms with van der Waals surface area (Å²) in [6.07, 6.45) is 7.36. The van der Waals surface area contributed by atoms with E-state index in [9.17, 15) is 4.79 Å². The fourth-order valence-electron chi connectivity index (χ4n) is 4.48. The van der Waals surface area contributed by atoms with Gasteiger partial charge in [-0.05, 0) is 43.6 Å². The van der Waals surface area contributed by atoms with Gasteiger partial charge in [-0.15, -0.1) is 0 Å². The number of ether oxygens (including phenoxy) is 2. The molecule has 0 aromatic heterocycles. The molecule has 0 N–H and O–H groups in total. The van der Waals surface area contributed by atoms with Crippen molar-refractivity contribution in [2.45, 2.75) is 51.0 Å². The molecule has 0 amide bonds. The maximum atomic E-state index is 12.3. The van der Waals surface area contributed by atoms with Crippen LogP contribution in [0.15, 0.2) is 35.4 Å². The van der Waals surface area contributed by atoms with Gasteiger partial charge in [0.1, 0.15) is 0 Å². The van der Waals surface area contributed by atoms with Gasteiger partial charge in [0.15, 0.2) is 0 Å². The minimum absolute atomic E-state index is 0.00832. The number of carbonyl (C=O) groups excluding carboxylic acids is 1. The molecule has 1 aliphatic carbocycles. The number of rotatable bonds is 7. The van der Waals surface area contributed by atoms with Crippen LogP contribution in [0.1, 0.15) is 50.5 Å². The van der Waals surface area contributed by atoms with E-state index in [1.807, 2.05) is 6.07 Å². The first-order valence-electron chi connectivity index (χ1n) is 10.2. The Balaban J connectivity index is 1.84. The van der Waals surface area contributed by atoms with E-state index in [4.69, 9.17) is 14.6 Å². The van der Waals surface area contributed by atoms with Crippen LogP contribution in [0.3, 0.4) is 0 Å². The van der Waals surface area contributed by atoms with Crippen LogP contribution in [0, 0.1) is 11.8 Å². The largest absolute Gasteiger partial charge is 0.469 e. The van der Waals surface area contributed by atoms with Crippen LogP contribution < -0.4 is 0 Å². The van der Waals surface area contributed by atoms with Crippen molar-refractivity contribution in [3.8, 4) is 0 Å². The predicted octanol–water partition coefficient (Wildman–Crippen LogP) is 3.87. The average Bonchev–Trinajstić information content (AvgIpc) is 3.15. The normalized spacial score (nSPS) is 26.2. The van der Waals surface area contributed by atoms with Gasteiger partial charge < -0.3 is 9.47 Å². The standard InChI is InChI=1S/C22H32N2O3/c1-26-16-19-12-8-14-24(19)23-21(17-9-4-3-5-10-17)15-18-11-6-7-13-20(18)22(25)27-2/h3-5,9-10,18-20H,6-8,11-16H2,1-2H3/b23-21+/t18-,19+,20+/m1/s1. The molecule has 1 aliphatic heterocycles. The number of hydrogen-bond donors (Lipinski definition) is 0. The van der Waals surface area contributed by atoms with E-state index in [1.54, 1.807) is 7.11 Å². The van der Waals surface area contributed by atoms with E-state index >= 15 is 0 Å². The number of nitrogens with zero attached hydrogens (tertiary/aromatic N) is 2. The molecule has 5 nitrogen and oxygen atoms in total. The Morgan fingerprint density at radius 1 is 1.11 bits per heavy atom. The zero-order chi connectivity index (χ0) is 19.1. The van der Waals surface area contributed by atoms with Gasteiger partial charge in [-0.2, -0.15) is 5.10 Å². The summed E-state index contributed by atoms with van der Waals surface area (Å²) in [5.41, 5.74) is 2.23. The van der Waals surface area contributed by atoms with Crippen LogP contribution in [-0.2, 0) is 14.3 Å². The molecule has 2 fully saturated rings. The van der Waals surface area contributed by atoms with Crippen LogP contribution >= 0.6 is 0 Å². The van der Waals surface area contributed by atoms with E-state index < -0.39 is 0 Å². The Morgan fingerprint density at radius 2 is 1.89 bits per heavy atom. The lowest BCUT2D eigenvalue weighted by Gasteiger charge is -2.31. The summed E-state index contributed by atoms with van der Waals surface area (Å²) in [6, 6.07) is 10.7. The zero-order valence-electron chi connectivity index (χ0n) is 16.6. The summed E-state index contributed by atoms with van der Waals surface area (Å²) in [6.45, 7) is 1.68. The quantitative estimate of drug-likeness (QED) is 0.538. The summed E-state index contributed by atoms with van der Waals surface area (Å²) in [7, 11) is 3.25. The fourth-order valence-corrected chi connectivity index (χ4v) is 4.48. The number of benzene rings is 1. The molecule has 0 spiro atoms. The van der Waals surface area contributed by atoms with Gasteiger partial charge in [0.2, 0.25) is 0 Å². The zero-order valence-corrected chi connectivity index (χ0v) is 16.6. The lowest BCUT2D eigenvalue weighted by molar-refractivity contribution is -0.148. The molecule has 1 saturated carbocycles. The molecule has 0 unspecified atom stereocenters. The van der Waals surface area contributed by atoms with Gasteiger partial charge in [0.25, 0.3) is 0 Å². The molecule has 3 atom stereocenters. The van der Waals surface area contributed by atoms with Crippen LogP contribution in [0.2, 0.25) is 0 Å². The summed E-state index contributed by atoms with van der Waals surface area (Å²) in [5, 5.41) is 7.27. The highest BCUT2D eigenvalue weighted by molar-refractivity contribution is 6.00. The molecule has 0 bridgehead atoms. The van der Waals surface area contributed by atoms with Crippen molar-refractivity contribution in [3.05, 3.63) is 35.9 Å². The second-order valence-corrected chi connectivity index (χ2v) is 7.71. The molecule has 1 saturated heterocycles. The second-order valence-electron chi connectivity index (χ2n) is 7.71. The predicted molar refractivity (Wildman–Crippen MR) is 107 cm³/mol. The Morgan fingerprint density at radius 3 is 2.63 bits per heavy atom.